The van der Waals surface area contributed by atoms with Crippen molar-refractivity contribution in [2.45, 2.75) is 24.9 Å². The molecular formula is C21H15ClFN7O3. The number of urea groups is 2. The van der Waals surface area contributed by atoms with Gasteiger partial charge in [-0.15, -0.1) is 0 Å². The van der Waals surface area contributed by atoms with Gasteiger partial charge in [-0.05, 0) is 59.1 Å². The summed E-state index contributed by atoms with van der Waals surface area (Å²) in [6, 6.07) is 6.31. The first kappa shape index (κ1) is 19.7. The zero-order valence-electron chi connectivity index (χ0n) is 16.8. The van der Waals surface area contributed by atoms with Crippen LogP contribution in [-0.2, 0) is 0 Å². The second-order valence-corrected chi connectivity index (χ2v) is 8.33. The van der Waals surface area contributed by atoms with Gasteiger partial charge in [-0.3, -0.25) is 0 Å². The lowest BCUT2D eigenvalue weighted by Crippen LogP contribution is -2.55. The van der Waals surface area contributed by atoms with Crippen molar-refractivity contribution < 1.29 is 18.6 Å². The summed E-state index contributed by atoms with van der Waals surface area (Å²) in [4.78, 5) is 26.2. The molecular weight excluding hydrogens is 453 g/mol. The second kappa shape index (κ2) is 7.27. The Morgan fingerprint density at radius 1 is 1.21 bits per heavy atom. The number of rotatable bonds is 2. The molecule has 12 heteroatoms. The van der Waals surface area contributed by atoms with E-state index in [2.05, 4.69) is 31.5 Å². The number of hydrazone groups is 1. The molecule has 3 aliphatic rings. The molecule has 0 unspecified atom stereocenters. The highest BCUT2D eigenvalue weighted by Crippen LogP contribution is 2.36. The fourth-order valence-electron chi connectivity index (χ4n) is 4.51. The molecule has 4 heterocycles. The molecule has 2 aromatic carbocycles. The predicted octanol–water partition coefficient (Wildman–Crippen LogP) is 3.61. The van der Waals surface area contributed by atoms with Crippen LogP contribution >= 0.6 is 11.6 Å². The summed E-state index contributed by atoms with van der Waals surface area (Å²) in [6.07, 6.45) is 3.18. The highest BCUT2D eigenvalue weighted by atomic mass is 35.5. The van der Waals surface area contributed by atoms with Crippen LogP contribution in [0.25, 0.3) is 22.2 Å². The third kappa shape index (κ3) is 3.20. The average Bonchev–Trinajstić information content (AvgIpc) is 3.39. The maximum absolute atomic E-state index is 15.0. The van der Waals surface area contributed by atoms with E-state index in [0.717, 1.165) is 0 Å². The lowest BCUT2D eigenvalue weighted by Gasteiger charge is -2.36. The topological polar surface area (TPSA) is 125 Å². The van der Waals surface area contributed by atoms with Crippen LogP contribution in [0.2, 0.25) is 5.02 Å². The molecule has 4 amide bonds. The second-order valence-electron chi connectivity index (χ2n) is 7.92. The number of halogens is 2. The summed E-state index contributed by atoms with van der Waals surface area (Å²) in [6.45, 7) is 0. The number of carbonyl (C=O) groups excluding carboxylic acids is 2. The molecule has 3 N–H and O–H groups in total. The minimum Gasteiger partial charge on any atom is -0.309 e. The number of aromatic nitrogens is 2. The van der Waals surface area contributed by atoms with Crippen LogP contribution in [0.3, 0.4) is 0 Å². The van der Waals surface area contributed by atoms with Crippen molar-refractivity contribution in [1.29, 1.82) is 0 Å². The first-order valence-electron chi connectivity index (χ1n) is 10.2. The van der Waals surface area contributed by atoms with Crippen molar-refractivity contribution in [2.75, 3.05) is 5.32 Å². The Balaban J connectivity index is 1.27. The molecule has 2 atom stereocenters. The van der Waals surface area contributed by atoms with Gasteiger partial charge in [0.05, 0.1) is 28.5 Å². The van der Waals surface area contributed by atoms with Gasteiger partial charge >= 0.3 is 12.1 Å². The van der Waals surface area contributed by atoms with Gasteiger partial charge in [-0.2, -0.15) is 5.10 Å². The van der Waals surface area contributed by atoms with E-state index in [1.165, 1.54) is 12.1 Å². The van der Waals surface area contributed by atoms with Gasteiger partial charge in [0.2, 0.25) is 0 Å². The molecule has 1 fully saturated rings. The molecule has 166 valence electrons. The molecule has 3 aliphatic heterocycles. The van der Waals surface area contributed by atoms with Crippen molar-refractivity contribution in [3.63, 3.8) is 0 Å². The van der Waals surface area contributed by atoms with Gasteiger partial charge < -0.3 is 15.5 Å². The summed E-state index contributed by atoms with van der Waals surface area (Å²) in [7, 11) is 0. The Kier molecular flexibility index (Phi) is 4.34. The Morgan fingerprint density at radius 2 is 2.06 bits per heavy atom. The fourth-order valence-corrected chi connectivity index (χ4v) is 4.79. The minimum absolute atomic E-state index is 0.0379. The van der Waals surface area contributed by atoms with Gasteiger partial charge in [-0.1, -0.05) is 17.7 Å². The maximum atomic E-state index is 15.0. The van der Waals surface area contributed by atoms with Crippen molar-refractivity contribution in [3.8, 4) is 11.1 Å². The van der Waals surface area contributed by atoms with E-state index in [4.69, 9.17) is 16.2 Å². The van der Waals surface area contributed by atoms with Crippen LogP contribution in [0.4, 0.5) is 19.7 Å². The van der Waals surface area contributed by atoms with Crippen LogP contribution < -0.4 is 16.1 Å². The third-order valence-electron chi connectivity index (χ3n) is 6.00. The van der Waals surface area contributed by atoms with E-state index in [1.807, 2.05) is 0 Å². The van der Waals surface area contributed by atoms with E-state index in [9.17, 15) is 14.0 Å². The normalized spacial score (nSPS) is 21.2. The number of hydrogen-bond donors (Lipinski definition) is 3. The number of hydrogen-bond acceptors (Lipinski definition) is 6. The van der Waals surface area contributed by atoms with Gasteiger partial charge in [-0.25, -0.2) is 24.0 Å². The molecule has 0 radical (unpaired) electrons. The van der Waals surface area contributed by atoms with Crippen molar-refractivity contribution in [2.24, 2.45) is 5.10 Å². The first-order chi connectivity index (χ1) is 16.0. The Hall–Kier alpha value is -3.99. The Morgan fingerprint density at radius 3 is 2.94 bits per heavy atom. The molecule has 33 heavy (non-hydrogen) atoms. The molecule has 6 rings (SSSR count). The molecule has 10 nitrogen and oxygen atoms in total. The zero-order valence-corrected chi connectivity index (χ0v) is 17.6. The molecule has 2 bridgehead atoms. The number of amides is 4. The van der Waals surface area contributed by atoms with Crippen molar-refractivity contribution in [3.05, 3.63) is 52.9 Å². The summed E-state index contributed by atoms with van der Waals surface area (Å²) < 4.78 is 19.7. The van der Waals surface area contributed by atoms with Crippen LogP contribution in [0.5, 0.6) is 0 Å². The summed E-state index contributed by atoms with van der Waals surface area (Å²) in [5, 5.41) is 17.2. The van der Waals surface area contributed by atoms with Crippen LogP contribution in [0.1, 0.15) is 12.8 Å². The van der Waals surface area contributed by atoms with E-state index in [1.54, 1.807) is 29.2 Å². The van der Waals surface area contributed by atoms with E-state index < -0.39 is 17.9 Å². The number of nitrogens with one attached hydrogen (secondary N) is 3. The number of nitrogens with zero attached hydrogens (tertiary/aromatic N) is 4. The zero-order chi connectivity index (χ0) is 22.7. The SMILES string of the molecule is O=C1NN=C2C(=C[C@H]3CC[C@@H]2N3C(=O)Nc2cc(Cl)c(-c3ccc4nonc4c3)cc2F)N1. The summed E-state index contributed by atoms with van der Waals surface area (Å²) >= 11 is 6.44. The molecule has 1 aromatic heterocycles. The first-order valence-corrected chi connectivity index (χ1v) is 10.5. The third-order valence-corrected chi connectivity index (χ3v) is 6.32. The number of carbonyl (C=O) groups is 2. The van der Waals surface area contributed by atoms with Gasteiger partial charge in [0.1, 0.15) is 22.6 Å². The summed E-state index contributed by atoms with van der Waals surface area (Å²) in [5.74, 6) is -0.634. The maximum Gasteiger partial charge on any atom is 0.339 e. The van der Waals surface area contributed by atoms with Crippen molar-refractivity contribution in [1.82, 2.24) is 26.0 Å². The lowest BCUT2D eigenvalue weighted by atomic mass is 10.0. The number of fused-ring (bicyclic) bond motifs is 5. The standard InChI is InChI=1S/C21H15ClFN7O3/c22-12-8-15(13(23)7-11(12)9-1-3-14-16(5-9)29-33-28-14)25-21(32)30-10-2-4-18(30)19-17(6-10)24-20(31)27-26-19/h1,3,5-8,10,18H,2,4H2,(H,25,32)(H2,24,27,31)/t10-,18+/m1/s1. The predicted molar refractivity (Wildman–Crippen MR) is 117 cm³/mol. The smallest absolute Gasteiger partial charge is 0.309 e. The Bertz CT molecular complexity index is 1400. The molecule has 1 saturated heterocycles. The van der Waals surface area contributed by atoms with Crippen LogP contribution in [0.15, 0.2) is 51.8 Å². The molecule has 0 spiro atoms. The molecule has 0 aliphatic carbocycles. The van der Waals surface area contributed by atoms with E-state index in [-0.39, 0.29) is 22.8 Å². The van der Waals surface area contributed by atoms with E-state index in [0.29, 0.717) is 46.4 Å². The largest absolute Gasteiger partial charge is 0.339 e. The van der Waals surface area contributed by atoms with Crippen LogP contribution in [-0.4, -0.2) is 45.1 Å². The highest BCUT2D eigenvalue weighted by molar-refractivity contribution is 6.33. The van der Waals surface area contributed by atoms with Gasteiger partial charge in [0, 0.05) is 5.56 Å². The van der Waals surface area contributed by atoms with Gasteiger partial charge in [0.25, 0.3) is 0 Å². The highest BCUT2D eigenvalue weighted by Gasteiger charge is 2.45. The lowest BCUT2D eigenvalue weighted by molar-refractivity contribution is 0.205. The van der Waals surface area contributed by atoms with Crippen molar-refractivity contribution >= 4 is 46.1 Å². The average molecular weight is 468 g/mol. The van der Waals surface area contributed by atoms with Crippen LogP contribution in [0, 0.1) is 5.82 Å². The molecule has 0 saturated carbocycles. The monoisotopic (exact) mass is 467 g/mol. The number of benzene rings is 2. The Labute approximate surface area is 190 Å². The van der Waals surface area contributed by atoms with E-state index >= 15 is 0 Å². The molecule has 3 aromatic rings. The summed E-state index contributed by atoms with van der Waals surface area (Å²) in [5.41, 5.74) is 5.68. The number of anilines is 1. The fraction of sp³-hybridized carbons (Fsp3) is 0.190. The quantitative estimate of drug-likeness (QED) is 0.531. The minimum atomic E-state index is -0.634. The van der Waals surface area contributed by atoms with Gasteiger partial charge in [0.15, 0.2) is 0 Å².